The molecule has 0 N–H and O–H groups in total. The molecule has 2 aromatic carbocycles. The van der Waals surface area contributed by atoms with E-state index in [1.165, 1.54) is 10.5 Å². The van der Waals surface area contributed by atoms with E-state index in [0.29, 0.717) is 0 Å². The number of thioether (sulfide) groups is 1. The van der Waals surface area contributed by atoms with Gasteiger partial charge >= 0.3 is 0 Å². The maximum Gasteiger partial charge on any atom is 0.147 e. The van der Waals surface area contributed by atoms with E-state index in [-0.39, 0.29) is 0 Å². The van der Waals surface area contributed by atoms with Gasteiger partial charge in [0.25, 0.3) is 0 Å². The van der Waals surface area contributed by atoms with Gasteiger partial charge in [0, 0.05) is 18.5 Å². The van der Waals surface area contributed by atoms with Crippen molar-refractivity contribution < 1.29 is 0 Å². The third-order valence-corrected chi connectivity index (χ3v) is 4.15. The second-order valence-corrected chi connectivity index (χ2v) is 5.80. The first-order valence-corrected chi connectivity index (χ1v) is 8.04. The number of aromatic nitrogens is 2. The summed E-state index contributed by atoms with van der Waals surface area (Å²) in [6.45, 7) is 0.821. The fourth-order valence-electron chi connectivity index (χ4n) is 2.22. The first-order chi connectivity index (χ1) is 10.3. The number of hydrogen-bond acceptors (Lipinski definition) is 4. The van der Waals surface area contributed by atoms with E-state index in [0.717, 1.165) is 23.4 Å². The average molecular weight is 295 g/mol. The molecule has 3 rings (SSSR count). The fourth-order valence-corrected chi connectivity index (χ4v) is 2.63. The average Bonchev–Trinajstić information content (AvgIpc) is 2.55. The van der Waals surface area contributed by atoms with Crippen molar-refractivity contribution in [1.29, 1.82) is 0 Å². The second kappa shape index (κ2) is 6.14. The Hall–Kier alpha value is -2.07. The summed E-state index contributed by atoms with van der Waals surface area (Å²) in [7, 11) is 2.04. The lowest BCUT2D eigenvalue weighted by Crippen LogP contribution is -2.17. The molecule has 0 aliphatic carbocycles. The number of benzene rings is 2. The molecule has 21 heavy (non-hydrogen) atoms. The minimum absolute atomic E-state index is 0.821. The monoisotopic (exact) mass is 295 g/mol. The lowest BCUT2D eigenvalue weighted by molar-refractivity contribution is 0.896. The van der Waals surface area contributed by atoms with Crippen LogP contribution >= 0.6 is 11.8 Å². The predicted octanol–water partition coefficient (Wildman–Crippen LogP) is 3.99. The highest BCUT2D eigenvalue weighted by atomic mass is 32.2. The maximum absolute atomic E-state index is 4.66. The zero-order valence-corrected chi connectivity index (χ0v) is 13.0. The molecule has 0 aliphatic rings. The summed E-state index contributed by atoms with van der Waals surface area (Å²) in [5, 5.41) is 0. The van der Waals surface area contributed by atoms with Crippen molar-refractivity contribution in [2.75, 3.05) is 18.2 Å². The number of fused-ring (bicyclic) bond motifs is 1. The number of anilines is 1. The highest BCUT2D eigenvalue weighted by Gasteiger charge is 2.05. The zero-order valence-electron chi connectivity index (χ0n) is 12.2. The van der Waals surface area contributed by atoms with Crippen molar-refractivity contribution in [3.05, 3.63) is 60.3 Å². The summed E-state index contributed by atoms with van der Waals surface area (Å²) < 4.78 is 0. The summed E-state index contributed by atoms with van der Waals surface area (Å²) in [6, 6.07) is 16.6. The Morgan fingerprint density at radius 2 is 1.71 bits per heavy atom. The van der Waals surface area contributed by atoms with Crippen LogP contribution in [0, 0.1) is 0 Å². The Bertz CT molecular complexity index is 740. The number of para-hydroxylation sites is 2. The summed E-state index contributed by atoms with van der Waals surface area (Å²) in [5.74, 6) is 0.891. The van der Waals surface area contributed by atoms with Gasteiger partial charge in [-0.1, -0.05) is 24.3 Å². The van der Waals surface area contributed by atoms with Gasteiger partial charge in [0.2, 0.25) is 0 Å². The van der Waals surface area contributed by atoms with Crippen molar-refractivity contribution in [2.24, 2.45) is 0 Å². The molecule has 0 saturated carbocycles. The lowest BCUT2D eigenvalue weighted by atomic mass is 10.2. The number of rotatable bonds is 4. The summed E-state index contributed by atoms with van der Waals surface area (Å²) in [4.78, 5) is 12.5. The third kappa shape index (κ3) is 3.16. The van der Waals surface area contributed by atoms with Crippen LogP contribution in [-0.2, 0) is 6.54 Å². The highest BCUT2D eigenvalue weighted by Crippen LogP contribution is 2.18. The van der Waals surface area contributed by atoms with Crippen LogP contribution in [0.1, 0.15) is 5.56 Å². The van der Waals surface area contributed by atoms with Crippen LogP contribution in [0.3, 0.4) is 0 Å². The standard InChI is InChI=1S/C17H17N3S/c1-20(12-13-7-9-14(21-2)10-8-13)17-11-18-15-5-3-4-6-16(15)19-17/h3-11H,12H2,1-2H3. The van der Waals surface area contributed by atoms with Gasteiger partial charge in [-0.15, -0.1) is 11.8 Å². The van der Waals surface area contributed by atoms with Crippen LogP contribution in [0.25, 0.3) is 11.0 Å². The van der Waals surface area contributed by atoms with Crippen LogP contribution in [0.15, 0.2) is 59.6 Å². The Labute approximate surface area is 129 Å². The molecular weight excluding hydrogens is 278 g/mol. The first kappa shape index (κ1) is 13.9. The first-order valence-electron chi connectivity index (χ1n) is 6.82. The van der Waals surface area contributed by atoms with Gasteiger partial charge in [-0.05, 0) is 36.1 Å². The largest absolute Gasteiger partial charge is 0.354 e. The van der Waals surface area contributed by atoms with Crippen molar-refractivity contribution in [1.82, 2.24) is 9.97 Å². The maximum atomic E-state index is 4.66. The van der Waals surface area contributed by atoms with Gasteiger partial charge in [0.1, 0.15) is 5.82 Å². The fraction of sp³-hybridized carbons (Fsp3) is 0.176. The van der Waals surface area contributed by atoms with Crippen molar-refractivity contribution >= 4 is 28.6 Å². The van der Waals surface area contributed by atoms with Crippen LogP contribution in [0.2, 0.25) is 0 Å². The Balaban J connectivity index is 1.80. The van der Waals surface area contributed by atoms with Crippen molar-refractivity contribution in [3.8, 4) is 0 Å². The molecule has 0 amide bonds. The van der Waals surface area contributed by atoms with Crippen LogP contribution in [-0.4, -0.2) is 23.3 Å². The summed E-state index contributed by atoms with van der Waals surface area (Å²) in [6.07, 6.45) is 3.92. The van der Waals surface area contributed by atoms with Gasteiger partial charge in [0.05, 0.1) is 17.2 Å². The van der Waals surface area contributed by atoms with Gasteiger partial charge < -0.3 is 4.90 Å². The third-order valence-electron chi connectivity index (χ3n) is 3.41. The molecular formula is C17H17N3S. The molecule has 0 fully saturated rings. The Morgan fingerprint density at radius 3 is 2.43 bits per heavy atom. The van der Waals surface area contributed by atoms with Crippen molar-refractivity contribution in [2.45, 2.75) is 11.4 Å². The minimum atomic E-state index is 0.821. The molecule has 0 spiro atoms. The van der Waals surface area contributed by atoms with E-state index in [1.54, 1.807) is 11.8 Å². The molecule has 3 aromatic rings. The molecule has 1 heterocycles. The van der Waals surface area contributed by atoms with Gasteiger partial charge in [-0.2, -0.15) is 0 Å². The molecule has 0 saturated heterocycles. The van der Waals surface area contributed by atoms with E-state index in [2.05, 4.69) is 45.4 Å². The molecule has 0 atom stereocenters. The normalized spacial score (nSPS) is 10.8. The minimum Gasteiger partial charge on any atom is -0.354 e. The smallest absolute Gasteiger partial charge is 0.147 e. The van der Waals surface area contributed by atoms with E-state index in [1.807, 2.05) is 37.5 Å². The predicted molar refractivity (Wildman–Crippen MR) is 89.9 cm³/mol. The van der Waals surface area contributed by atoms with Crippen LogP contribution in [0.4, 0.5) is 5.82 Å². The molecule has 106 valence electrons. The highest BCUT2D eigenvalue weighted by molar-refractivity contribution is 7.98. The number of nitrogens with zero attached hydrogens (tertiary/aromatic N) is 3. The summed E-state index contributed by atoms with van der Waals surface area (Å²) in [5.41, 5.74) is 3.13. The van der Waals surface area contributed by atoms with E-state index in [9.17, 15) is 0 Å². The zero-order chi connectivity index (χ0) is 14.7. The molecule has 0 unspecified atom stereocenters. The SMILES string of the molecule is CSc1ccc(CN(C)c2cnc3ccccc3n2)cc1. The van der Waals surface area contributed by atoms with Crippen LogP contribution in [0.5, 0.6) is 0 Å². The van der Waals surface area contributed by atoms with Gasteiger partial charge in [-0.25, -0.2) is 4.98 Å². The van der Waals surface area contributed by atoms with Crippen molar-refractivity contribution in [3.63, 3.8) is 0 Å². The summed E-state index contributed by atoms with van der Waals surface area (Å²) >= 11 is 1.76. The molecule has 3 nitrogen and oxygen atoms in total. The molecule has 0 aliphatic heterocycles. The van der Waals surface area contributed by atoms with Crippen LogP contribution < -0.4 is 4.90 Å². The molecule has 0 radical (unpaired) electrons. The quantitative estimate of drug-likeness (QED) is 0.681. The topological polar surface area (TPSA) is 29.0 Å². The number of hydrogen-bond donors (Lipinski definition) is 0. The van der Waals surface area contributed by atoms with E-state index < -0.39 is 0 Å². The van der Waals surface area contributed by atoms with E-state index >= 15 is 0 Å². The molecule has 0 bridgehead atoms. The van der Waals surface area contributed by atoms with Gasteiger partial charge in [-0.3, -0.25) is 4.98 Å². The second-order valence-electron chi connectivity index (χ2n) is 4.92. The van der Waals surface area contributed by atoms with Gasteiger partial charge in [0.15, 0.2) is 0 Å². The lowest BCUT2D eigenvalue weighted by Gasteiger charge is -2.18. The van der Waals surface area contributed by atoms with E-state index in [4.69, 9.17) is 0 Å². The Morgan fingerprint density at radius 1 is 1.00 bits per heavy atom. The molecule has 1 aromatic heterocycles. The Kier molecular flexibility index (Phi) is 4.06. The molecule has 4 heteroatoms.